The molecule has 146 valence electrons. The van der Waals surface area contributed by atoms with E-state index in [0.717, 1.165) is 51.6 Å². The number of para-hydroxylation sites is 1. The molecule has 1 saturated carbocycles. The number of ether oxygens (including phenoxy) is 2. The number of piperidine rings is 1. The van der Waals surface area contributed by atoms with Gasteiger partial charge in [-0.3, -0.25) is 0 Å². The van der Waals surface area contributed by atoms with Gasteiger partial charge < -0.3 is 19.9 Å². The van der Waals surface area contributed by atoms with Crippen molar-refractivity contribution in [2.75, 3.05) is 33.4 Å². The Bertz CT molecular complexity index is 572. The van der Waals surface area contributed by atoms with E-state index in [1.807, 2.05) is 6.07 Å². The molecule has 1 aromatic rings. The third-order valence-electron chi connectivity index (χ3n) is 5.72. The lowest BCUT2D eigenvalue weighted by atomic mass is 9.74. The van der Waals surface area contributed by atoms with Crippen LogP contribution in [0.5, 0.6) is 5.75 Å². The zero-order chi connectivity index (χ0) is 18.4. The molecule has 5 heteroatoms. The van der Waals surface area contributed by atoms with E-state index >= 15 is 0 Å². The van der Waals surface area contributed by atoms with Crippen molar-refractivity contribution in [2.24, 2.45) is 11.8 Å². The number of methoxy groups -OCH3 is 1. The Hall–Kier alpha value is -1.17. The number of rotatable bonds is 10. The quantitative estimate of drug-likeness (QED) is 0.622. The van der Waals surface area contributed by atoms with Gasteiger partial charge in [0.05, 0.1) is 12.2 Å². The molecule has 0 spiro atoms. The predicted octanol–water partition coefficient (Wildman–Crippen LogP) is 3.62. The van der Waals surface area contributed by atoms with E-state index in [2.05, 4.69) is 5.32 Å². The maximum atomic E-state index is 14.6. The van der Waals surface area contributed by atoms with Crippen LogP contribution in [-0.4, -0.2) is 38.5 Å². The summed E-state index contributed by atoms with van der Waals surface area (Å²) in [5.74, 6) is 0.471. The van der Waals surface area contributed by atoms with Gasteiger partial charge in [-0.15, -0.1) is 0 Å². The van der Waals surface area contributed by atoms with Gasteiger partial charge in [-0.05, 0) is 63.5 Å². The topological polar surface area (TPSA) is 50.7 Å². The Labute approximate surface area is 156 Å². The van der Waals surface area contributed by atoms with Gasteiger partial charge in [-0.25, -0.2) is 4.39 Å². The zero-order valence-electron chi connectivity index (χ0n) is 15.8. The van der Waals surface area contributed by atoms with Crippen LogP contribution in [0.1, 0.15) is 50.5 Å². The third kappa shape index (κ3) is 4.76. The molecular formula is C21H32FNO3. The lowest BCUT2D eigenvalue weighted by molar-refractivity contribution is -0.0457. The first-order chi connectivity index (χ1) is 12.6. The molecule has 1 saturated heterocycles. The lowest BCUT2D eigenvalue weighted by Gasteiger charge is -2.40. The van der Waals surface area contributed by atoms with Crippen LogP contribution in [0, 0.1) is 17.7 Å². The molecule has 2 fully saturated rings. The summed E-state index contributed by atoms with van der Waals surface area (Å²) in [7, 11) is 1.69. The van der Waals surface area contributed by atoms with Gasteiger partial charge in [0.1, 0.15) is 0 Å². The monoisotopic (exact) mass is 365 g/mol. The number of benzene rings is 1. The van der Waals surface area contributed by atoms with Crippen LogP contribution in [0.15, 0.2) is 18.2 Å². The highest BCUT2D eigenvalue weighted by molar-refractivity contribution is 5.40. The van der Waals surface area contributed by atoms with E-state index in [4.69, 9.17) is 9.47 Å². The van der Waals surface area contributed by atoms with E-state index in [1.54, 1.807) is 13.2 Å². The van der Waals surface area contributed by atoms with E-state index in [-0.39, 0.29) is 17.5 Å². The molecule has 4 nitrogen and oxygen atoms in total. The number of aliphatic hydroxyl groups is 1. The molecule has 2 aliphatic rings. The SMILES string of the molecule is COCCCC[C@@](O)(c1cccc(F)c1OCC1CC1)[C@@H]1CCCNC1. The molecule has 0 radical (unpaired) electrons. The summed E-state index contributed by atoms with van der Waals surface area (Å²) in [4.78, 5) is 0. The van der Waals surface area contributed by atoms with Crippen LogP contribution in [0.25, 0.3) is 0 Å². The highest BCUT2D eigenvalue weighted by Gasteiger charge is 2.41. The molecular weight excluding hydrogens is 333 g/mol. The van der Waals surface area contributed by atoms with Gasteiger partial charge >= 0.3 is 0 Å². The average molecular weight is 365 g/mol. The minimum atomic E-state index is -1.08. The first kappa shape index (κ1) is 19.6. The van der Waals surface area contributed by atoms with Crippen LogP contribution >= 0.6 is 0 Å². The average Bonchev–Trinajstić information content (AvgIpc) is 3.49. The molecule has 1 aliphatic carbocycles. The van der Waals surface area contributed by atoms with Crippen LogP contribution in [-0.2, 0) is 10.3 Å². The molecule has 0 amide bonds. The molecule has 1 heterocycles. The fraction of sp³-hybridized carbons (Fsp3) is 0.714. The number of nitrogens with one attached hydrogen (secondary N) is 1. The minimum absolute atomic E-state index is 0.0591. The van der Waals surface area contributed by atoms with Crippen molar-refractivity contribution in [3.8, 4) is 5.75 Å². The van der Waals surface area contributed by atoms with Crippen molar-refractivity contribution in [3.05, 3.63) is 29.6 Å². The van der Waals surface area contributed by atoms with E-state index in [0.29, 0.717) is 31.1 Å². The lowest BCUT2D eigenvalue weighted by Crippen LogP contribution is -2.44. The second kappa shape index (κ2) is 9.16. The normalized spacial score (nSPS) is 22.8. The Morgan fingerprint density at radius 1 is 1.27 bits per heavy atom. The zero-order valence-corrected chi connectivity index (χ0v) is 15.8. The summed E-state index contributed by atoms with van der Waals surface area (Å²) < 4.78 is 25.6. The summed E-state index contributed by atoms with van der Waals surface area (Å²) >= 11 is 0. The Morgan fingerprint density at radius 3 is 2.81 bits per heavy atom. The summed E-state index contributed by atoms with van der Waals surface area (Å²) in [6.07, 6.45) is 6.57. The molecule has 0 aromatic heterocycles. The molecule has 0 unspecified atom stereocenters. The summed E-state index contributed by atoms with van der Waals surface area (Å²) in [5.41, 5.74) is -0.466. The van der Waals surface area contributed by atoms with Crippen LogP contribution < -0.4 is 10.1 Å². The summed E-state index contributed by atoms with van der Waals surface area (Å²) in [5, 5.41) is 15.2. The van der Waals surface area contributed by atoms with Gasteiger partial charge in [0.15, 0.2) is 11.6 Å². The van der Waals surface area contributed by atoms with E-state index < -0.39 is 5.60 Å². The molecule has 3 rings (SSSR count). The Kier molecular flexibility index (Phi) is 6.90. The van der Waals surface area contributed by atoms with Crippen LogP contribution in [0.2, 0.25) is 0 Å². The van der Waals surface area contributed by atoms with Gasteiger partial charge in [0.25, 0.3) is 0 Å². The molecule has 2 N–H and O–H groups in total. The molecule has 26 heavy (non-hydrogen) atoms. The van der Waals surface area contributed by atoms with Crippen molar-refractivity contribution in [3.63, 3.8) is 0 Å². The van der Waals surface area contributed by atoms with E-state index in [9.17, 15) is 9.50 Å². The number of hydrogen-bond donors (Lipinski definition) is 2. The molecule has 1 aliphatic heterocycles. The Morgan fingerprint density at radius 2 is 2.12 bits per heavy atom. The first-order valence-electron chi connectivity index (χ1n) is 9.99. The predicted molar refractivity (Wildman–Crippen MR) is 99.8 cm³/mol. The van der Waals surface area contributed by atoms with Crippen LogP contribution in [0.3, 0.4) is 0 Å². The molecule has 1 aromatic carbocycles. The third-order valence-corrected chi connectivity index (χ3v) is 5.72. The van der Waals surface area contributed by atoms with Crippen molar-refractivity contribution >= 4 is 0 Å². The number of unbranched alkanes of at least 4 members (excludes halogenated alkanes) is 1. The first-order valence-corrected chi connectivity index (χ1v) is 9.99. The molecule has 0 bridgehead atoms. The maximum absolute atomic E-state index is 14.6. The molecule has 2 atom stereocenters. The van der Waals surface area contributed by atoms with Gasteiger partial charge in [-0.1, -0.05) is 12.1 Å². The largest absolute Gasteiger partial charge is 0.490 e. The van der Waals surface area contributed by atoms with E-state index in [1.165, 1.54) is 6.07 Å². The van der Waals surface area contributed by atoms with Crippen molar-refractivity contribution in [1.29, 1.82) is 0 Å². The standard InChI is InChI=1S/C21H32FNO3/c1-25-13-3-2-11-21(24,17-6-5-12-23-14-17)18-7-4-8-19(22)20(18)26-15-16-9-10-16/h4,7-8,16-17,23-24H,2-3,5-6,9-15H2,1H3/t17-,21+/m1/s1. The fourth-order valence-electron chi connectivity index (χ4n) is 3.94. The van der Waals surface area contributed by atoms with Crippen molar-refractivity contribution in [1.82, 2.24) is 5.32 Å². The number of halogens is 1. The van der Waals surface area contributed by atoms with Gasteiger partial charge in [-0.2, -0.15) is 0 Å². The number of hydrogen-bond acceptors (Lipinski definition) is 4. The highest BCUT2D eigenvalue weighted by Crippen LogP contribution is 2.43. The minimum Gasteiger partial charge on any atom is -0.490 e. The van der Waals surface area contributed by atoms with Crippen LogP contribution in [0.4, 0.5) is 4.39 Å². The summed E-state index contributed by atoms with van der Waals surface area (Å²) in [6.45, 7) is 2.94. The van der Waals surface area contributed by atoms with Crippen molar-refractivity contribution in [2.45, 2.75) is 50.5 Å². The highest BCUT2D eigenvalue weighted by atomic mass is 19.1. The Balaban J connectivity index is 1.85. The second-order valence-corrected chi connectivity index (χ2v) is 7.79. The smallest absolute Gasteiger partial charge is 0.165 e. The summed E-state index contributed by atoms with van der Waals surface area (Å²) in [6, 6.07) is 4.96. The maximum Gasteiger partial charge on any atom is 0.165 e. The van der Waals surface area contributed by atoms with Gasteiger partial charge in [0, 0.05) is 31.7 Å². The van der Waals surface area contributed by atoms with Crippen molar-refractivity contribution < 1.29 is 19.0 Å². The van der Waals surface area contributed by atoms with Gasteiger partial charge in [0.2, 0.25) is 0 Å². The second-order valence-electron chi connectivity index (χ2n) is 7.79. The fourth-order valence-corrected chi connectivity index (χ4v) is 3.94.